The first-order valence-corrected chi connectivity index (χ1v) is 10.6. The van der Waals surface area contributed by atoms with E-state index in [9.17, 15) is 4.79 Å². The molecular weight excluding hydrogens is 362 g/mol. The SMILES string of the molecule is C[C@@H](CN1CCN(Cc2ccccc2)CC1)NC(=O)CCCOc1ccccc1. The van der Waals surface area contributed by atoms with Crippen molar-refractivity contribution in [1.29, 1.82) is 0 Å². The van der Waals surface area contributed by atoms with Gasteiger partial charge in [-0.3, -0.25) is 14.6 Å². The van der Waals surface area contributed by atoms with Crippen LogP contribution in [0.4, 0.5) is 0 Å². The van der Waals surface area contributed by atoms with Crippen LogP contribution in [0.5, 0.6) is 5.75 Å². The van der Waals surface area contributed by atoms with E-state index in [1.54, 1.807) is 0 Å². The molecule has 0 spiro atoms. The van der Waals surface area contributed by atoms with Crippen molar-refractivity contribution >= 4 is 5.91 Å². The summed E-state index contributed by atoms with van der Waals surface area (Å²) in [6.45, 7) is 8.84. The van der Waals surface area contributed by atoms with Crippen LogP contribution in [0.15, 0.2) is 60.7 Å². The zero-order valence-corrected chi connectivity index (χ0v) is 17.4. The molecule has 0 aromatic heterocycles. The molecule has 0 bridgehead atoms. The van der Waals surface area contributed by atoms with E-state index in [-0.39, 0.29) is 11.9 Å². The number of hydrogen-bond donors (Lipinski definition) is 1. The molecule has 1 aliphatic rings. The average molecular weight is 396 g/mol. The predicted octanol–water partition coefficient (Wildman–Crippen LogP) is 3.17. The first-order chi connectivity index (χ1) is 14.2. The first kappa shape index (κ1) is 21.3. The van der Waals surface area contributed by atoms with Crippen molar-refractivity contribution in [3.63, 3.8) is 0 Å². The Kier molecular flexibility index (Phi) is 8.53. The Morgan fingerprint density at radius 1 is 0.966 bits per heavy atom. The second-order valence-corrected chi connectivity index (χ2v) is 7.80. The van der Waals surface area contributed by atoms with Gasteiger partial charge in [0.15, 0.2) is 0 Å². The number of para-hydroxylation sites is 1. The van der Waals surface area contributed by atoms with Crippen molar-refractivity contribution in [2.75, 3.05) is 39.3 Å². The number of carbonyl (C=O) groups is 1. The molecule has 3 rings (SSSR count). The van der Waals surface area contributed by atoms with Crippen LogP contribution in [0.3, 0.4) is 0 Å². The van der Waals surface area contributed by atoms with Gasteiger partial charge in [0.1, 0.15) is 5.75 Å². The van der Waals surface area contributed by atoms with E-state index in [0.29, 0.717) is 13.0 Å². The Balaban J connectivity index is 1.26. The number of benzene rings is 2. The second-order valence-electron chi connectivity index (χ2n) is 7.80. The molecule has 156 valence electrons. The smallest absolute Gasteiger partial charge is 0.220 e. The highest BCUT2D eigenvalue weighted by molar-refractivity contribution is 5.76. The number of nitrogens with one attached hydrogen (secondary N) is 1. The topological polar surface area (TPSA) is 44.8 Å². The molecule has 5 nitrogen and oxygen atoms in total. The third kappa shape index (κ3) is 7.87. The number of piperazine rings is 1. The summed E-state index contributed by atoms with van der Waals surface area (Å²) in [6, 6.07) is 20.5. The van der Waals surface area contributed by atoms with E-state index < -0.39 is 0 Å². The highest BCUT2D eigenvalue weighted by Gasteiger charge is 2.19. The van der Waals surface area contributed by atoms with Gasteiger partial charge >= 0.3 is 0 Å². The number of rotatable bonds is 10. The van der Waals surface area contributed by atoms with Gasteiger partial charge in [-0.25, -0.2) is 0 Å². The van der Waals surface area contributed by atoms with Crippen molar-refractivity contribution in [1.82, 2.24) is 15.1 Å². The molecule has 5 heteroatoms. The fourth-order valence-electron chi connectivity index (χ4n) is 3.69. The van der Waals surface area contributed by atoms with Gasteiger partial charge < -0.3 is 10.1 Å². The first-order valence-electron chi connectivity index (χ1n) is 10.6. The number of hydrogen-bond acceptors (Lipinski definition) is 4. The number of nitrogens with zero attached hydrogens (tertiary/aromatic N) is 2. The van der Waals surface area contributed by atoms with Crippen LogP contribution in [-0.4, -0.2) is 61.1 Å². The second kappa shape index (κ2) is 11.6. The van der Waals surface area contributed by atoms with Gasteiger partial charge in [-0.2, -0.15) is 0 Å². The third-order valence-electron chi connectivity index (χ3n) is 5.21. The van der Waals surface area contributed by atoms with E-state index in [0.717, 1.165) is 51.4 Å². The van der Waals surface area contributed by atoms with E-state index in [1.807, 2.05) is 30.3 Å². The molecule has 1 saturated heterocycles. The molecule has 0 unspecified atom stereocenters. The van der Waals surface area contributed by atoms with Gasteiger partial charge in [0, 0.05) is 51.7 Å². The maximum absolute atomic E-state index is 12.2. The van der Waals surface area contributed by atoms with Crippen LogP contribution in [0.2, 0.25) is 0 Å². The van der Waals surface area contributed by atoms with Crippen molar-refractivity contribution in [2.45, 2.75) is 32.4 Å². The summed E-state index contributed by atoms with van der Waals surface area (Å²) in [6.07, 6.45) is 1.23. The Morgan fingerprint density at radius 2 is 1.59 bits per heavy atom. The maximum Gasteiger partial charge on any atom is 0.220 e. The van der Waals surface area contributed by atoms with Gasteiger partial charge in [0.25, 0.3) is 0 Å². The summed E-state index contributed by atoms with van der Waals surface area (Å²) in [7, 11) is 0. The standard InChI is InChI=1S/C24H33N3O2/c1-21(25-24(28)13-8-18-29-23-11-6-3-7-12-23)19-26-14-16-27(17-15-26)20-22-9-4-2-5-10-22/h2-7,9-12,21H,8,13-20H2,1H3,(H,25,28)/t21-/m0/s1. The Hall–Kier alpha value is -2.37. The third-order valence-corrected chi connectivity index (χ3v) is 5.21. The van der Waals surface area contributed by atoms with Crippen LogP contribution in [0, 0.1) is 0 Å². The molecule has 0 radical (unpaired) electrons. The van der Waals surface area contributed by atoms with Crippen molar-refractivity contribution < 1.29 is 9.53 Å². The lowest BCUT2D eigenvalue weighted by molar-refractivity contribution is -0.122. The maximum atomic E-state index is 12.2. The normalized spacial score (nSPS) is 16.3. The number of amides is 1. The average Bonchev–Trinajstić information content (AvgIpc) is 2.74. The molecule has 0 saturated carbocycles. The molecule has 2 aromatic rings. The zero-order valence-electron chi connectivity index (χ0n) is 17.4. The van der Waals surface area contributed by atoms with Crippen LogP contribution in [-0.2, 0) is 11.3 Å². The summed E-state index contributed by atoms with van der Waals surface area (Å²) in [5, 5.41) is 3.13. The molecule has 29 heavy (non-hydrogen) atoms. The minimum absolute atomic E-state index is 0.108. The summed E-state index contributed by atoms with van der Waals surface area (Å²) >= 11 is 0. The fraction of sp³-hybridized carbons (Fsp3) is 0.458. The van der Waals surface area contributed by atoms with Gasteiger partial charge in [-0.05, 0) is 31.0 Å². The van der Waals surface area contributed by atoms with Crippen molar-refractivity contribution in [3.8, 4) is 5.75 Å². The summed E-state index contributed by atoms with van der Waals surface area (Å²) in [5.74, 6) is 0.963. The van der Waals surface area contributed by atoms with Crippen molar-refractivity contribution in [2.24, 2.45) is 0 Å². The Bertz CT molecular complexity index is 715. The van der Waals surface area contributed by atoms with Crippen molar-refractivity contribution in [3.05, 3.63) is 66.2 Å². The summed E-state index contributed by atoms with van der Waals surface area (Å²) in [4.78, 5) is 17.1. The van der Waals surface area contributed by atoms with E-state index >= 15 is 0 Å². The molecule has 1 aliphatic heterocycles. The highest BCUT2D eigenvalue weighted by Crippen LogP contribution is 2.10. The molecule has 1 fully saturated rings. The van der Waals surface area contributed by atoms with Crippen LogP contribution in [0.25, 0.3) is 0 Å². The molecule has 1 atom stereocenters. The van der Waals surface area contributed by atoms with E-state index in [1.165, 1.54) is 5.56 Å². The van der Waals surface area contributed by atoms with Gasteiger partial charge in [0.2, 0.25) is 5.91 Å². The van der Waals surface area contributed by atoms with Crippen LogP contribution >= 0.6 is 0 Å². The minimum Gasteiger partial charge on any atom is -0.494 e. The lowest BCUT2D eigenvalue weighted by atomic mass is 10.2. The largest absolute Gasteiger partial charge is 0.494 e. The molecular formula is C24H33N3O2. The van der Waals surface area contributed by atoms with Crippen LogP contribution in [0.1, 0.15) is 25.3 Å². The monoisotopic (exact) mass is 395 g/mol. The molecule has 1 N–H and O–H groups in total. The fourth-order valence-corrected chi connectivity index (χ4v) is 3.69. The predicted molar refractivity (Wildman–Crippen MR) is 117 cm³/mol. The minimum atomic E-state index is 0.108. The van der Waals surface area contributed by atoms with Crippen LogP contribution < -0.4 is 10.1 Å². The molecule has 2 aromatic carbocycles. The number of ether oxygens (including phenoxy) is 1. The summed E-state index contributed by atoms with van der Waals surface area (Å²) < 4.78 is 5.64. The quantitative estimate of drug-likeness (QED) is 0.628. The lowest BCUT2D eigenvalue weighted by Gasteiger charge is -2.36. The molecule has 1 heterocycles. The van der Waals surface area contributed by atoms with Gasteiger partial charge in [-0.1, -0.05) is 48.5 Å². The zero-order chi connectivity index (χ0) is 20.3. The van der Waals surface area contributed by atoms with Gasteiger partial charge in [-0.15, -0.1) is 0 Å². The van der Waals surface area contributed by atoms with Gasteiger partial charge in [0.05, 0.1) is 6.61 Å². The van der Waals surface area contributed by atoms with E-state index in [2.05, 4.69) is 52.4 Å². The number of carbonyl (C=O) groups excluding carboxylic acids is 1. The van der Waals surface area contributed by atoms with E-state index in [4.69, 9.17) is 4.74 Å². The highest BCUT2D eigenvalue weighted by atomic mass is 16.5. The lowest BCUT2D eigenvalue weighted by Crippen LogP contribution is -2.50. The Morgan fingerprint density at radius 3 is 2.28 bits per heavy atom. The molecule has 1 amide bonds. The molecule has 0 aliphatic carbocycles. The summed E-state index contributed by atoms with van der Waals surface area (Å²) in [5.41, 5.74) is 1.37. The Labute approximate surface area is 174 Å².